The summed E-state index contributed by atoms with van der Waals surface area (Å²) in [6.45, 7) is 2.00. The molecule has 1 aromatic carbocycles. The van der Waals surface area contributed by atoms with E-state index in [0.717, 1.165) is 5.75 Å². The summed E-state index contributed by atoms with van der Waals surface area (Å²) in [7, 11) is 1.58. The van der Waals surface area contributed by atoms with E-state index < -0.39 is 0 Å². The van der Waals surface area contributed by atoms with Gasteiger partial charge in [0.15, 0.2) is 0 Å². The van der Waals surface area contributed by atoms with Gasteiger partial charge in [-0.25, -0.2) is 4.39 Å². The van der Waals surface area contributed by atoms with E-state index in [1.807, 2.05) is 24.8 Å². The number of benzene rings is 1. The van der Waals surface area contributed by atoms with Crippen LogP contribution in [0.5, 0.6) is 5.75 Å². The van der Waals surface area contributed by atoms with Crippen molar-refractivity contribution in [3.05, 3.63) is 29.6 Å². The van der Waals surface area contributed by atoms with Gasteiger partial charge in [-0.2, -0.15) is 11.8 Å². The van der Waals surface area contributed by atoms with Gasteiger partial charge in [0.2, 0.25) is 0 Å². The molecule has 1 saturated heterocycles. The Kier molecular flexibility index (Phi) is 4.89. The lowest BCUT2D eigenvalue weighted by Gasteiger charge is -2.27. The van der Waals surface area contributed by atoms with E-state index in [1.54, 1.807) is 13.2 Å². The fourth-order valence-electron chi connectivity index (χ4n) is 2.42. The van der Waals surface area contributed by atoms with Gasteiger partial charge in [-0.05, 0) is 37.7 Å². The zero-order valence-corrected chi connectivity index (χ0v) is 11.7. The molecule has 0 amide bonds. The van der Waals surface area contributed by atoms with Gasteiger partial charge in [0.25, 0.3) is 0 Å². The highest BCUT2D eigenvalue weighted by molar-refractivity contribution is 7.99. The molecule has 2 nitrogen and oxygen atoms in total. The van der Waals surface area contributed by atoms with Crippen LogP contribution in [-0.4, -0.2) is 24.7 Å². The maximum atomic E-state index is 13.9. The summed E-state index contributed by atoms with van der Waals surface area (Å²) in [5.41, 5.74) is 0.635. The lowest BCUT2D eigenvalue weighted by molar-refractivity contribution is 0.382. The van der Waals surface area contributed by atoms with Crippen molar-refractivity contribution in [2.45, 2.75) is 31.8 Å². The molecule has 1 fully saturated rings. The standard InChI is InChI=1S/C14H20FNOS/c1-10(16-11-5-4-8-18-9-11)14-12(15)6-3-7-13(14)17-2/h3,6-7,10-11,16H,4-5,8-9H2,1-2H3. The van der Waals surface area contributed by atoms with E-state index in [2.05, 4.69) is 5.32 Å². The Morgan fingerprint density at radius 2 is 2.33 bits per heavy atom. The third-order valence-corrected chi connectivity index (χ3v) is 4.53. The number of methoxy groups -OCH3 is 1. The summed E-state index contributed by atoms with van der Waals surface area (Å²) in [5.74, 6) is 2.78. The number of thioether (sulfide) groups is 1. The van der Waals surface area contributed by atoms with Gasteiger partial charge < -0.3 is 10.1 Å². The van der Waals surface area contributed by atoms with Crippen molar-refractivity contribution in [1.29, 1.82) is 0 Å². The van der Waals surface area contributed by atoms with Crippen LogP contribution in [0.25, 0.3) is 0 Å². The average molecular weight is 269 g/mol. The van der Waals surface area contributed by atoms with Gasteiger partial charge in [-0.3, -0.25) is 0 Å². The molecular weight excluding hydrogens is 249 g/mol. The molecule has 4 heteroatoms. The van der Waals surface area contributed by atoms with Crippen molar-refractivity contribution in [3.63, 3.8) is 0 Å². The molecule has 2 atom stereocenters. The minimum Gasteiger partial charge on any atom is -0.496 e. The topological polar surface area (TPSA) is 21.3 Å². The molecule has 0 aromatic heterocycles. The molecule has 1 N–H and O–H groups in total. The molecule has 1 aliphatic heterocycles. The molecule has 0 spiro atoms. The van der Waals surface area contributed by atoms with Crippen molar-refractivity contribution in [1.82, 2.24) is 5.32 Å². The van der Waals surface area contributed by atoms with Gasteiger partial charge in [0.1, 0.15) is 11.6 Å². The lowest BCUT2D eigenvalue weighted by atomic mass is 10.0. The fourth-order valence-corrected chi connectivity index (χ4v) is 3.51. The first-order valence-electron chi connectivity index (χ1n) is 6.38. The molecule has 100 valence electrons. The minimum atomic E-state index is -0.196. The molecule has 2 rings (SSSR count). The second-order valence-corrected chi connectivity index (χ2v) is 5.81. The predicted octanol–water partition coefficient (Wildman–Crippen LogP) is 3.38. The maximum Gasteiger partial charge on any atom is 0.131 e. The first-order chi connectivity index (χ1) is 8.72. The van der Waals surface area contributed by atoms with Crippen molar-refractivity contribution >= 4 is 11.8 Å². The number of halogens is 1. The largest absolute Gasteiger partial charge is 0.496 e. The third kappa shape index (κ3) is 3.18. The van der Waals surface area contributed by atoms with Crippen LogP contribution in [-0.2, 0) is 0 Å². The third-order valence-electron chi connectivity index (χ3n) is 3.31. The molecule has 0 bridgehead atoms. The Balaban J connectivity index is 2.09. The number of hydrogen-bond donors (Lipinski definition) is 1. The predicted molar refractivity (Wildman–Crippen MR) is 74.8 cm³/mol. The van der Waals surface area contributed by atoms with Crippen LogP contribution < -0.4 is 10.1 Å². The molecule has 18 heavy (non-hydrogen) atoms. The molecule has 1 heterocycles. The monoisotopic (exact) mass is 269 g/mol. The highest BCUT2D eigenvalue weighted by Gasteiger charge is 2.21. The zero-order chi connectivity index (χ0) is 13.0. The number of rotatable bonds is 4. The minimum absolute atomic E-state index is 0.0233. The summed E-state index contributed by atoms with van der Waals surface area (Å²) < 4.78 is 19.2. The van der Waals surface area contributed by atoms with Crippen LogP contribution in [0.4, 0.5) is 4.39 Å². The van der Waals surface area contributed by atoms with Crippen molar-refractivity contribution < 1.29 is 9.13 Å². The second kappa shape index (κ2) is 6.43. The lowest BCUT2D eigenvalue weighted by Crippen LogP contribution is -2.36. The van der Waals surface area contributed by atoms with E-state index in [4.69, 9.17) is 4.74 Å². The Labute approximate surface area is 112 Å². The molecule has 0 radical (unpaired) electrons. The smallest absolute Gasteiger partial charge is 0.131 e. The van der Waals surface area contributed by atoms with Gasteiger partial charge in [-0.1, -0.05) is 6.07 Å². The van der Waals surface area contributed by atoms with Crippen LogP contribution in [0.2, 0.25) is 0 Å². The van der Waals surface area contributed by atoms with Crippen LogP contribution in [0.1, 0.15) is 31.4 Å². The number of nitrogens with one attached hydrogen (secondary N) is 1. The molecule has 1 aromatic rings. The van der Waals surface area contributed by atoms with E-state index >= 15 is 0 Å². The first-order valence-corrected chi connectivity index (χ1v) is 7.54. The Bertz CT molecular complexity index is 393. The second-order valence-electron chi connectivity index (χ2n) is 4.66. The summed E-state index contributed by atoms with van der Waals surface area (Å²) in [5, 5.41) is 3.51. The van der Waals surface area contributed by atoms with Gasteiger partial charge in [0, 0.05) is 23.4 Å². The normalized spacial score (nSPS) is 21.6. The van der Waals surface area contributed by atoms with Crippen LogP contribution >= 0.6 is 11.8 Å². The quantitative estimate of drug-likeness (QED) is 0.905. The average Bonchev–Trinajstić information content (AvgIpc) is 2.39. The molecule has 1 aliphatic rings. The Hall–Kier alpha value is -0.740. The van der Waals surface area contributed by atoms with E-state index in [-0.39, 0.29) is 11.9 Å². The molecule has 0 saturated carbocycles. The van der Waals surface area contributed by atoms with E-state index in [0.29, 0.717) is 17.4 Å². The van der Waals surface area contributed by atoms with Gasteiger partial charge in [-0.15, -0.1) is 0 Å². The highest BCUT2D eigenvalue weighted by Crippen LogP contribution is 2.29. The fraction of sp³-hybridized carbons (Fsp3) is 0.571. The summed E-state index contributed by atoms with van der Waals surface area (Å²) >= 11 is 1.97. The molecule has 0 aliphatic carbocycles. The summed E-state index contributed by atoms with van der Waals surface area (Å²) in [6.07, 6.45) is 2.41. The number of hydrogen-bond acceptors (Lipinski definition) is 3. The Morgan fingerprint density at radius 3 is 3.00 bits per heavy atom. The van der Waals surface area contributed by atoms with E-state index in [1.165, 1.54) is 24.7 Å². The summed E-state index contributed by atoms with van der Waals surface area (Å²) in [6, 6.07) is 5.44. The SMILES string of the molecule is COc1cccc(F)c1C(C)NC1CCCSC1. The highest BCUT2D eigenvalue weighted by atomic mass is 32.2. The molecular formula is C14H20FNOS. The van der Waals surface area contributed by atoms with Crippen LogP contribution in [0.15, 0.2) is 18.2 Å². The van der Waals surface area contributed by atoms with Crippen LogP contribution in [0.3, 0.4) is 0 Å². The number of ether oxygens (including phenoxy) is 1. The van der Waals surface area contributed by atoms with Gasteiger partial charge >= 0.3 is 0 Å². The first kappa shape index (κ1) is 13.7. The van der Waals surface area contributed by atoms with Crippen molar-refractivity contribution in [3.8, 4) is 5.75 Å². The van der Waals surface area contributed by atoms with E-state index in [9.17, 15) is 4.39 Å². The van der Waals surface area contributed by atoms with Gasteiger partial charge in [0.05, 0.1) is 7.11 Å². The Morgan fingerprint density at radius 1 is 1.50 bits per heavy atom. The molecule has 2 unspecified atom stereocenters. The maximum absolute atomic E-state index is 13.9. The van der Waals surface area contributed by atoms with Crippen molar-refractivity contribution in [2.24, 2.45) is 0 Å². The van der Waals surface area contributed by atoms with Crippen LogP contribution in [0, 0.1) is 5.82 Å². The van der Waals surface area contributed by atoms with Crippen molar-refractivity contribution in [2.75, 3.05) is 18.6 Å². The summed E-state index contributed by atoms with van der Waals surface area (Å²) in [4.78, 5) is 0. The zero-order valence-electron chi connectivity index (χ0n) is 10.9.